The monoisotopic (exact) mass is 258 g/mol. The number of aromatic nitrogens is 2. The van der Waals surface area contributed by atoms with Gasteiger partial charge in [0.25, 0.3) is 0 Å². The van der Waals surface area contributed by atoms with E-state index in [9.17, 15) is 0 Å². The molecular weight excluding hydrogens is 240 g/mol. The van der Waals surface area contributed by atoms with Crippen LogP contribution in [-0.2, 0) is 0 Å². The molecule has 0 aliphatic carbocycles. The van der Waals surface area contributed by atoms with Crippen molar-refractivity contribution in [1.29, 1.82) is 0 Å². The number of fused-ring (bicyclic) bond motifs is 1. The van der Waals surface area contributed by atoms with Crippen LogP contribution in [0, 0.1) is 13.8 Å². The van der Waals surface area contributed by atoms with Crippen LogP contribution in [0.25, 0.3) is 11.3 Å². The Kier molecular flexibility index (Phi) is 4.00. The maximum Gasteiger partial charge on any atom is 0.231 e. The summed E-state index contributed by atoms with van der Waals surface area (Å²) in [5, 5.41) is 0. The van der Waals surface area contributed by atoms with Crippen molar-refractivity contribution in [3.05, 3.63) is 35.8 Å². The Hall–Kier alpha value is -2.10. The van der Waals surface area contributed by atoms with Crippen LogP contribution in [0.4, 0.5) is 0 Å². The highest BCUT2D eigenvalue weighted by atomic mass is 16.7. The van der Waals surface area contributed by atoms with E-state index in [1.54, 1.807) is 6.33 Å². The number of nitrogens with zero attached hydrogens (tertiary/aromatic N) is 2. The summed E-state index contributed by atoms with van der Waals surface area (Å²) >= 11 is 0. The fraction of sp³-hybridized carbons (Fsp3) is 0.333. The van der Waals surface area contributed by atoms with Gasteiger partial charge in [-0.05, 0) is 37.6 Å². The molecule has 0 atom stereocenters. The zero-order chi connectivity index (χ0) is 13.8. The minimum absolute atomic E-state index is 0.292. The molecule has 0 radical (unpaired) electrons. The van der Waals surface area contributed by atoms with Gasteiger partial charge < -0.3 is 9.47 Å². The van der Waals surface area contributed by atoms with Crippen LogP contribution >= 0.6 is 0 Å². The van der Waals surface area contributed by atoms with Gasteiger partial charge in [0, 0.05) is 11.3 Å². The average Bonchev–Trinajstić information content (AvgIpc) is 2.91. The molecule has 0 bridgehead atoms. The molecule has 0 N–H and O–H groups in total. The molecular formula is C15H18N2O2. The van der Waals surface area contributed by atoms with Crippen LogP contribution in [0.15, 0.2) is 24.5 Å². The second-order valence-electron chi connectivity index (χ2n) is 4.00. The highest BCUT2D eigenvalue weighted by molar-refractivity contribution is 5.67. The zero-order valence-corrected chi connectivity index (χ0v) is 11.7. The lowest BCUT2D eigenvalue weighted by Crippen LogP contribution is -1.94. The first-order valence-electron chi connectivity index (χ1n) is 6.44. The van der Waals surface area contributed by atoms with Crippen molar-refractivity contribution >= 4 is 0 Å². The first-order valence-corrected chi connectivity index (χ1v) is 6.44. The molecule has 4 nitrogen and oxygen atoms in total. The lowest BCUT2D eigenvalue weighted by atomic mass is 10.1. The van der Waals surface area contributed by atoms with E-state index in [4.69, 9.17) is 9.47 Å². The molecule has 0 unspecified atom stereocenters. The quantitative estimate of drug-likeness (QED) is 0.785. The Bertz CT molecular complexity index is 582. The van der Waals surface area contributed by atoms with Gasteiger partial charge in [0.1, 0.15) is 6.33 Å². The first kappa shape index (κ1) is 13.3. The third-order valence-corrected chi connectivity index (χ3v) is 2.98. The van der Waals surface area contributed by atoms with Crippen molar-refractivity contribution in [2.45, 2.75) is 27.7 Å². The van der Waals surface area contributed by atoms with E-state index in [1.165, 1.54) is 0 Å². The fourth-order valence-corrected chi connectivity index (χ4v) is 1.87. The molecule has 0 saturated carbocycles. The smallest absolute Gasteiger partial charge is 0.231 e. The third-order valence-electron chi connectivity index (χ3n) is 2.98. The van der Waals surface area contributed by atoms with Gasteiger partial charge in [-0.3, -0.25) is 0 Å². The van der Waals surface area contributed by atoms with Gasteiger partial charge in [0.05, 0.1) is 5.69 Å². The summed E-state index contributed by atoms with van der Waals surface area (Å²) in [5.74, 6) is 1.57. The summed E-state index contributed by atoms with van der Waals surface area (Å²) in [4.78, 5) is 8.50. The van der Waals surface area contributed by atoms with Gasteiger partial charge >= 0.3 is 0 Å². The SMILES string of the molecule is CC.Cc1ncnc(-c2ccc3c(c2)OCO3)c1C. The number of hydrogen-bond donors (Lipinski definition) is 0. The Morgan fingerprint density at radius 3 is 2.53 bits per heavy atom. The molecule has 0 amide bonds. The summed E-state index contributed by atoms with van der Waals surface area (Å²) in [6.07, 6.45) is 1.59. The molecule has 1 aromatic heterocycles. The minimum Gasteiger partial charge on any atom is -0.454 e. The molecule has 0 spiro atoms. The number of aryl methyl sites for hydroxylation is 1. The number of hydrogen-bond acceptors (Lipinski definition) is 4. The fourth-order valence-electron chi connectivity index (χ4n) is 1.87. The average molecular weight is 258 g/mol. The molecule has 1 aliphatic rings. The summed E-state index contributed by atoms with van der Waals surface area (Å²) in [6.45, 7) is 8.29. The Balaban J connectivity index is 0.000000637. The summed E-state index contributed by atoms with van der Waals surface area (Å²) in [6, 6.07) is 5.86. The maximum atomic E-state index is 5.37. The molecule has 3 rings (SSSR count). The van der Waals surface area contributed by atoms with Crippen LogP contribution in [-0.4, -0.2) is 16.8 Å². The summed E-state index contributed by atoms with van der Waals surface area (Å²) < 4.78 is 10.7. The second-order valence-corrected chi connectivity index (χ2v) is 4.00. The largest absolute Gasteiger partial charge is 0.454 e. The Morgan fingerprint density at radius 2 is 1.74 bits per heavy atom. The molecule has 1 aromatic carbocycles. The zero-order valence-electron chi connectivity index (χ0n) is 11.7. The lowest BCUT2D eigenvalue weighted by Gasteiger charge is -2.07. The normalized spacial score (nSPS) is 11.8. The van der Waals surface area contributed by atoms with Gasteiger partial charge in [0.2, 0.25) is 6.79 Å². The molecule has 0 fully saturated rings. The van der Waals surface area contributed by atoms with E-state index in [2.05, 4.69) is 9.97 Å². The minimum atomic E-state index is 0.292. The van der Waals surface area contributed by atoms with Crippen LogP contribution in [0.1, 0.15) is 25.1 Å². The van der Waals surface area contributed by atoms with E-state index in [1.807, 2.05) is 45.9 Å². The van der Waals surface area contributed by atoms with Gasteiger partial charge in [-0.15, -0.1) is 0 Å². The van der Waals surface area contributed by atoms with E-state index < -0.39 is 0 Å². The highest BCUT2D eigenvalue weighted by Gasteiger charge is 2.15. The molecule has 2 aromatic rings. The molecule has 2 heterocycles. The molecule has 1 aliphatic heterocycles. The van der Waals surface area contributed by atoms with Crippen molar-refractivity contribution in [2.24, 2.45) is 0 Å². The van der Waals surface area contributed by atoms with Crippen LogP contribution in [0.5, 0.6) is 11.5 Å². The third kappa shape index (κ3) is 2.52. The van der Waals surface area contributed by atoms with E-state index in [-0.39, 0.29) is 0 Å². The highest BCUT2D eigenvalue weighted by Crippen LogP contribution is 2.36. The van der Waals surface area contributed by atoms with Crippen LogP contribution in [0.2, 0.25) is 0 Å². The van der Waals surface area contributed by atoms with E-state index in [0.717, 1.165) is 34.0 Å². The number of benzene rings is 1. The predicted octanol–water partition coefficient (Wildman–Crippen LogP) is 3.52. The predicted molar refractivity (Wildman–Crippen MR) is 74.4 cm³/mol. The van der Waals surface area contributed by atoms with Gasteiger partial charge in [-0.1, -0.05) is 13.8 Å². The van der Waals surface area contributed by atoms with Crippen molar-refractivity contribution in [2.75, 3.05) is 6.79 Å². The molecule has 0 saturated heterocycles. The van der Waals surface area contributed by atoms with E-state index in [0.29, 0.717) is 6.79 Å². The lowest BCUT2D eigenvalue weighted by molar-refractivity contribution is 0.174. The Labute approximate surface area is 113 Å². The van der Waals surface area contributed by atoms with Crippen molar-refractivity contribution in [3.63, 3.8) is 0 Å². The summed E-state index contributed by atoms with van der Waals surface area (Å²) in [7, 11) is 0. The van der Waals surface area contributed by atoms with Gasteiger partial charge in [-0.25, -0.2) is 9.97 Å². The first-order chi connectivity index (χ1) is 9.25. The van der Waals surface area contributed by atoms with Crippen LogP contribution in [0.3, 0.4) is 0 Å². The molecule has 4 heteroatoms. The standard InChI is InChI=1S/C13H12N2O2.C2H6/c1-8-9(2)14-6-15-13(8)10-3-4-11-12(5-10)17-7-16-11;1-2/h3-6H,7H2,1-2H3;1-2H3. The Morgan fingerprint density at radius 1 is 1.00 bits per heavy atom. The molecule has 19 heavy (non-hydrogen) atoms. The summed E-state index contributed by atoms with van der Waals surface area (Å²) in [5.41, 5.74) is 4.05. The van der Waals surface area contributed by atoms with E-state index >= 15 is 0 Å². The number of ether oxygens (including phenoxy) is 2. The second kappa shape index (κ2) is 5.69. The van der Waals surface area contributed by atoms with Gasteiger partial charge in [-0.2, -0.15) is 0 Å². The van der Waals surface area contributed by atoms with Crippen molar-refractivity contribution in [3.8, 4) is 22.8 Å². The van der Waals surface area contributed by atoms with Gasteiger partial charge in [0.15, 0.2) is 11.5 Å². The number of rotatable bonds is 1. The molecule has 100 valence electrons. The van der Waals surface area contributed by atoms with Crippen molar-refractivity contribution < 1.29 is 9.47 Å². The van der Waals surface area contributed by atoms with Crippen molar-refractivity contribution in [1.82, 2.24) is 9.97 Å². The van der Waals surface area contributed by atoms with Crippen LogP contribution < -0.4 is 9.47 Å². The maximum absolute atomic E-state index is 5.37. The topological polar surface area (TPSA) is 44.2 Å².